The molecule has 0 unspecified atom stereocenters. The average Bonchev–Trinajstić information content (AvgIpc) is 3.09. The lowest BCUT2D eigenvalue weighted by atomic mass is 10.1. The number of hydrogen-bond acceptors (Lipinski definition) is 6. The lowest BCUT2D eigenvalue weighted by Crippen LogP contribution is -2.13. The summed E-state index contributed by atoms with van der Waals surface area (Å²) in [5.41, 5.74) is 0.791. The summed E-state index contributed by atoms with van der Waals surface area (Å²) in [6, 6.07) is 6.98. The lowest BCUT2D eigenvalue weighted by molar-refractivity contribution is 0.0460. The maximum atomic E-state index is 12.5. The van der Waals surface area contributed by atoms with Gasteiger partial charge in [-0.25, -0.2) is 9.59 Å². The molecule has 0 fully saturated rings. The van der Waals surface area contributed by atoms with Gasteiger partial charge in [0.15, 0.2) is 0 Å². The number of benzene rings is 1. The summed E-state index contributed by atoms with van der Waals surface area (Å²) < 4.78 is 21.0. The Morgan fingerprint density at radius 3 is 2.12 bits per heavy atom. The first kappa shape index (κ1) is 18.6. The molecule has 2 aromatic rings. The zero-order chi connectivity index (χ0) is 18.2. The molecular formula is C19H22O6. The monoisotopic (exact) mass is 346 g/mol. The van der Waals surface area contributed by atoms with E-state index < -0.39 is 11.9 Å². The van der Waals surface area contributed by atoms with Gasteiger partial charge < -0.3 is 18.6 Å². The molecule has 0 amide bonds. The maximum absolute atomic E-state index is 12.5. The van der Waals surface area contributed by atoms with E-state index in [1.54, 1.807) is 31.4 Å². The summed E-state index contributed by atoms with van der Waals surface area (Å²) in [5.74, 6) is -0.265. The number of esters is 2. The fraction of sp³-hybridized carbons (Fsp3) is 0.368. The molecule has 1 aromatic heterocycles. The van der Waals surface area contributed by atoms with Gasteiger partial charge in [0.05, 0.1) is 20.3 Å². The topological polar surface area (TPSA) is 75.0 Å². The van der Waals surface area contributed by atoms with Gasteiger partial charge in [0.25, 0.3) is 0 Å². The van der Waals surface area contributed by atoms with Crippen molar-refractivity contribution in [2.75, 3.05) is 20.3 Å². The molecular weight excluding hydrogens is 324 g/mol. The van der Waals surface area contributed by atoms with Crippen LogP contribution >= 0.6 is 0 Å². The number of furan rings is 1. The third-order valence-electron chi connectivity index (χ3n) is 3.44. The number of methoxy groups -OCH3 is 1. The Balaban J connectivity index is 2.42. The highest BCUT2D eigenvalue weighted by atomic mass is 16.5. The van der Waals surface area contributed by atoms with E-state index in [0.29, 0.717) is 24.2 Å². The van der Waals surface area contributed by atoms with Gasteiger partial charge in [-0.1, -0.05) is 13.8 Å². The minimum atomic E-state index is -0.607. The summed E-state index contributed by atoms with van der Waals surface area (Å²) in [7, 11) is 1.57. The van der Waals surface area contributed by atoms with Crippen molar-refractivity contribution in [1.29, 1.82) is 0 Å². The van der Waals surface area contributed by atoms with Crippen LogP contribution in [0.2, 0.25) is 0 Å². The van der Waals surface area contributed by atoms with Crippen LogP contribution in [0.3, 0.4) is 0 Å². The van der Waals surface area contributed by atoms with Gasteiger partial charge in [0.1, 0.15) is 28.9 Å². The van der Waals surface area contributed by atoms with Gasteiger partial charge in [0.2, 0.25) is 0 Å². The molecule has 0 spiro atoms. The Hall–Kier alpha value is -2.76. The van der Waals surface area contributed by atoms with Gasteiger partial charge in [-0.15, -0.1) is 0 Å². The highest BCUT2D eigenvalue weighted by Gasteiger charge is 2.28. The average molecular weight is 346 g/mol. The van der Waals surface area contributed by atoms with Crippen LogP contribution in [-0.4, -0.2) is 32.3 Å². The SMILES string of the molecule is CCCOC(=O)c1coc(-c2ccc(OC)cc2)c1C(=O)OCCC. The van der Waals surface area contributed by atoms with Crippen LogP contribution in [0.4, 0.5) is 0 Å². The molecule has 2 rings (SSSR count). The highest BCUT2D eigenvalue weighted by Crippen LogP contribution is 2.31. The first-order valence-electron chi connectivity index (χ1n) is 8.22. The summed E-state index contributed by atoms with van der Waals surface area (Å²) in [5, 5.41) is 0. The molecule has 0 N–H and O–H groups in total. The molecule has 134 valence electrons. The Bertz CT molecular complexity index is 714. The van der Waals surface area contributed by atoms with Gasteiger partial charge >= 0.3 is 11.9 Å². The second kappa shape index (κ2) is 8.92. The molecule has 0 saturated heterocycles. The zero-order valence-electron chi connectivity index (χ0n) is 14.7. The Kier molecular flexibility index (Phi) is 6.62. The van der Waals surface area contributed by atoms with Gasteiger partial charge in [-0.2, -0.15) is 0 Å². The number of ether oxygens (including phenoxy) is 3. The molecule has 0 bridgehead atoms. The van der Waals surface area contributed by atoms with E-state index in [4.69, 9.17) is 18.6 Å². The molecule has 0 saturated carbocycles. The van der Waals surface area contributed by atoms with Crippen molar-refractivity contribution in [3.8, 4) is 17.1 Å². The van der Waals surface area contributed by atoms with Crippen molar-refractivity contribution >= 4 is 11.9 Å². The second-order valence-electron chi connectivity index (χ2n) is 5.35. The Morgan fingerprint density at radius 2 is 1.56 bits per heavy atom. The third kappa shape index (κ3) is 4.41. The van der Waals surface area contributed by atoms with Crippen LogP contribution in [0.5, 0.6) is 5.75 Å². The van der Waals surface area contributed by atoms with E-state index in [1.807, 2.05) is 13.8 Å². The summed E-state index contributed by atoms with van der Waals surface area (Å²) in [6.07, 6.45) is 2.60. The van der Waals surface area contributed by atoms with Crippen LogP contribution in [0.15, 0.2) is 34.9 Å². The molecule has 0 radical (unpaired) electrons. The fourth-order valence-corrected chi connectivity index (χ4v) is 2.21. The molecule has 0 aliphatic rings. The van der Waals surface area contributed by atoms with E-state index in [-0.39, 0.29) is 30.1 Å². The van der Waals surface area contributed by atoms with Crippen molar-refractivity contribution in [2.24, 2.45) is 0 Å². The maximum Gasteiger partial charge on any atom is 0.342 e. The molecule has 0 atom stereocenters. The number of rotatable bonds is 8. The zero-order valence-corrected chi connectivity index (χ0v) is 14.7. The smallest absolute Gasteiger partial charge is 0.342 e. The summed E-state index contributed by atoms with van der Waals surface area (Å²) in [6.45, 7) is 4.31. The Morgan fingerprint density at radius 1 is 0.960 bits per heavy atom. The largest absolute Gasteiger partial charge is 0.497 e. The molecule has 0 aliphatic carbocycles. The van der Waals surface area contributed by atoms with Crippen molar-refractivity contribution in [1.82, 2.24) is 0 Å². The number of hydrogen-bond donors (Lipinski definition) is 0. The van der Waals surface area contributed by atoms with Crippen LogP contribution in [0, 0.1) is 0 Å². The normalized spacial score (nSPS) is 10.4. The molecule has 6 heteroatoms. The quantitative estimate of drug-likeness (QED) is 0.670. The molecule has 1 heterocycles. The van der Waals surface area contributed by atoms with Crippen molar-refractivity contribution in [3.05, 3.63) is 41.7 Å². The summed E-state index contributed by atoms with van der Waals surface area (Å²) in [4.78, 5) is 24.7. The minimum Gasteiger partial charge on any atom is -0.497 e. The van der Waals surface area contributed by atoms with Gasteiger partial charge in [-0.05, 0) is 37.1 Å². The molecule has 1 aromatic carbocycles. The lowest BCUT2D eigenvalue weighted by Gasteiger charge is -2.07. The second-order valence-corrected chi connectivity index (χ2v) is 5.35. The molecule has 6 nitrogen and oxygen atoms in total. The first-order valence-corrected chi connectivity index (χ1v) is 8.22. The predicted molar refractivity (Wildman–Crippen MR) is 91.8 cm³/mol. The van der Waals surface area contributed by atoms with Gasteiger partial charge in [0, 0.05) is 5.56 Å². The molecule has 0 aliphatic heterocycles. The van der Waals surface area contributed by atoms with E-state index in [2.05, 4.69) is 0 Å². The van der Waals surface area contributed by atoms with E-state index in [1.165, 1.54) is 6.26 Å². The van der Waals surface area contributed by atoms with Crippen molar-refractivity contribution in [3.63, 3.8) is 0 Å². The number of carbonyl (C=O) groups is 2. The van der Waals surface area contributed by atoms with Crippen LogP contribution in [-0.2, 0) is 9.47 Å². The number of carbonyl (C=O) groups excluding carboxylic acids is 2. The first-order chi connectivity index (χ1) is 12.1. The van der Waals surface area contributed by atoms with E-state index >= 15 is 0 Å². The van der Waals surface area contributed by atoms with Crippen molar-refractivity contribution < 1.29 is 28.2 Å². The Labute approximate surface area is 146 Å². The summed E-state index contributed by atoms with van der Waals surface area (Å²) >= 11 is 0. The predicted octanol–water partition coefficient (Wildman–Crippen LogP) is 4.09. The van der Waals surface area contributed by atoms with E-state index in [0.717, 1.165) is 0 Å². The van der Waals surface area contributed by atoms with E-state index in [9.17, 15) is 9.59 Å². The van der Waals surface area contributed by atoms with Gasteiger partial charge in [-0.3, -0.25) is 0 Å². The standard InChI is InChI=1S/C19H22O6/c1-4-10-23-18(20)15-12-25-17(16(15)19(21)24-11-5-2)13-6-8-14(22-3)9-7-13/h6-9,12H,4-5,10-11H2,1-3H3. The van der Waals surface area contributed by atoms with Crippen LogP contribution in [0.25, 0.3) is 11.3 Å². The van der Waals surface area contributed by atoms with Crippen LogP contribution < -0.4 is 4.74 Å². The third-order valence-corrected chi connectivity index (χ3v) is 3.44. The van der Waals surface area contributed by atoms with Crippen molar-refractivity contribution in [2.45, 2.75) is 26.7 Å². The molecule has 25 heavy (non-hydrogen) atoms. The highest BCUT2D eigenvalue weighted by molar-refractivity contribution is 6.07. The van der Waals surface area contributed by atoms with Crippen LogP contribution in [0.1, 0.15) is 47.4 Å². The fourth-order valence-electron chi connectivity index (χ4n) is 2.21. The minimum absolute atomic E-state index is 0.0698.